The van der Waals surface area contributed by atoms with Gasteiger partial charge in [0.1, 0.15) is 11.6 Å². The number of carbonyl (C=O) groups is 2. The molecule has 8 rings (SSSR count). The molecule has 6 aromatic rings. The van der Waals surface area contributed by atoms with Crippen LogP contribution in [0.5, 0.6) is 0 Å². The molecule has 0 spiro atoms. The van der Waals surface area contributed by atoms with Gasteiger partial charge in [0.15, 0.2) is 0 Å². The van der Waals surface area contributed by atoms with Crippen molar-refractivity contribution in [2.75, 3.05) is 22.9 Å². The van der Waals surface area contributed by atoms with Crippen LogP contribution in [0.1, 0.15) is 122 Å². The number of fused-ring (bicyclic) bond motifs is 6. The van der Waals surface area contributed by atoms with E-state index >= 15 is 0 Å². The number of aromatic nitrogens is 4. The molecule has 2 atom stereocenters. The first kappa shape index (κ1) is 44.5. The van der Waals surface area contributed by atoms with Crippen LogP contribution in [0.2, 0.25) is 10.0 Å². The average Bonchev–Trinajstić information content (AvgIpc) is 3.23. The molecule has 2 unspecified atom stereocenters. The highest BCUT2D eigenvalue weighted by Crippen LogP contribution is 2.44. The van der Waals surface area contributed by atoms with E-state index in [9.17, 15) is 19.2 Å². The van der Waals surface area contributed by atoms with E-state index < -0.39 is 0 Å². The summed E-state index contributed by atoms with van der Waals surface area (Å²) in [4.78, 5) is 65.7. The minimum atomic E-state index is -0.126. The fourth-order valence-electron chi connectivity index (χ4n) is 9.06. The zero-order valence-corrected chi connectivity index (χ0v) is 38.4. The van der Waals surface area contributed by atoms with Crippen molar-refractivity contribution in [3.8, 4) is 11.4 Å². The quantitative estimate of drug-likeness (QED) is 0.154. The lowest BCUT2D eigenvalue weighted by atomic mass is 9.80. The zero-order chi connectivity index (χ0) is 44.9. The molecular weight excluding hydrogens is 819 g/mol. The van der Waals surface area contributed by atoms with Crippen molar-refractivity contribution in [1.82, 2.24) is 19.1 Å². The van der Waals surface area contributed by atoms with Crippen LogP contribution in [0.4, 0.5) is 11.4 Å². The second kappa shape index (κ2) is 17.7. The van der Waals surface area contributed by atoms with Crippen molar-refractivity contribution >= 4 is 68.2 Å². The second-order valence-electron chi connectivity index (χ2n) is 17.4. The van der Waals surface area contributed by atoms with Crippen molar-refractivity contribution < 1.29 is 9.59 Å². The van der Waals surface area contributed by atoms with E-state index in [1.165, 1.54) is 0 Å². The zero-order valence-electron chi connectivity index (χ0n) is 36.9. The predicted octanol–water partition coefficient (Wildman–Crippen LogP) is 11.2. The van der Waals surface area contributed by atoms with E-state index in [0.29, 0.717) is 57.0 Å². The van der Waals surface area contributed by atoms with Gasteiger partial charge >= 0.3 is 0 Å². The number of amides is 2. The van der Waals surface area contributed by atoms with E-state index in [1.807, 2.05) is 82.0 Å². The van der Waals surface area contributed by atoms with Gasteiger partial charge in [0, 0.05) is 77.2 Å². The fourth-order valence-corrected chi connectivity index (χ4v) is 9.31. The third-order valence-corrected chi connectivity index (χ3v) is 12.6. The van der Waals surface area contributed by atoms with E-state index in [-0.39, 0.29) is 46.6 Å². The number of nitrogens with zero attached hydrogens (tertiary/aromatic N) is 6. The molecule has 62 heavy (non-hydrogen) atoms. The highest BCUT2D eigenvalue weighted by molar-refractivity contribution is 6.30. The molecule has 2 aromatic heterocycles. The Kier molecular flexibility index (Phi) is 12.7. The molecule has 2 aliphatic rings. The monoisotopic (exact) mass is 872 g/mol. The summed E-state index contributed by atoms with van der Waals surface area (Å²) in [6.45, 7) is 23.2. The molecule has 2 aliphatic heterocycles. The van der Waals surface area contributed by atoms with Crippen molar-refractivity contribution in [1.29, 1.82) is 0 Å². The number of allylic oxidation sites excluding steroid dienone is 1. The van der Waals surface area contributed by atoms with E-state index in [0.717, 1.165) is 57.8 Å². The van der Waals surface area contributed by atoms with Gasteiger partial charge in [0.05, 0.1) is 33.2 Å². The molecule has 0 bridgehead atoms. The van der Waals surface area contributed by atoms with E-state index in [2.05, 4.69) is 20.4 Å². The topological polar surface area (TPSA) is 110 Å². The molecule has 4 aromatic carbocycles. The van der Waals surface area contributed by atoms with Gasteiger partial charge in [-0.3, -0.25) is 28.3 Å². The number of halogens is 2. The molecule has 0 fully saturated rings. The third-order valence-electron chi connectivity index (χ3n) is 12.1. The van der Waals surface area contributed by atoms with Gasteiger partial charge in [0.2, 0.25) is 11.8 Å². The SMILES string of the molecule is C=C(C)C1CCN(C(C)=O)c2ccc3c(=O)n(-c4ccc(Cl)cc4)c(C(C)C)nc3c21.CC(=O)N1CCC(C(C)C)c2c1ccc1c(=O)n(-c3ccc(Cl)cc3)c(C(C)C)nc21. The Morgan fingerprint density at radius 2 is 1.02 bits per heavy atom. The molecule has 4 heterocycles. The van der Waals surface area contributed by atoms with Crippen molar-refractivity contribution in [2.24, 2.45) is 5.92 Å². The van der Waals surface area contributed by atoms with E-state index in [4.69, 9.17) is 33.2 Å². The summed E-state index contributed by atoms with van der Waals surface area (Å²) in [6.07, 6.45) is 1.63. The van der Waals surface area contributed by atoms with Crippen LogP contribution in [-0.4, -0.2) is 44.0 Å². The lowest BCUT2D eigenvalue weighted by molar-refractivity contribution is -0.117. The van der Waals surface area contributed by atoms with Gasteiger partial charge < -0.3 is 9.80 Å². The molecule has 2 amide bonds. The maximum Gasteiger partial charge on any atom is 0.265 e. The van der Waals surface area contributed by atoms with E-state index in [1.54, 1.807) is 58.2 Å². The van der Waals surface area contributed by atoms with Crippen LogP contribution in [0, 0.1) is 5.92 Å². The summed E-state index contributed by atoms with van der Waals surface area (Å²) >= 11 is 12.1. The molecule has 0 saturated heterocycles. The maximum absolute atomic E-state index is 13.7. The summed E-state index contributed by atoms with van der Waals surface area (Å²) in [6, 6.07) is 21.8. The number of carbonyl (C=O) groups excluding carboxylic acids is 2. The smallest absolute Gasteiger partial charge is 0.265 e. The van der Waals surface area contributed by atoms with Gasteiger partial charge in [0.25, 0.3) is 11.1 Å². The van der Waals surface area contributed by atoms with Crippen molar-refractivity contribution in [3.63, 3.8) is 0 Å². The Morgan fingerprint density at radius 3 is 1.40 bits per heavy atom. The minimum absolute atomic E-state index is 0.0133. The summed E-state index contributed by atoms with van der Waals surface area (Å²) in [5.74, 6) is 2.10. The second-order valence-corrected chi connectivity index (χ2v) is 18.3. The van der Waals surface area contributed by atoms with Gasteiger partial charge in [-0.1, -0.05) is 76.9 Å². The standard InChI is InChI=1S/C25H28ClN3O2.C25H26ClN3O2/c2*1-14(2)19-12-13-28(16(5)30)21-11-10-20-23(22(19)21)27-24(15(3)4)29(25(20)31)18-8-6-17(26)7-9-18/h6-11,14-15,19H,12-13H2,1-5H3;6-11,15,19H,1,12-13H2,2-5H3. The first-order chi connectivity index (χ1) is 29.4. The van der Waals surface area contributed by atoms with Crippen molar-refractivity contribution in [3.05, 3.63) is 138 Å². The Hall–Kier alpha value is -5.58. The fraction of sp³-hybridized carbons (Fsp3) is 0.360. The van der Waals surface area contributed by atoms with Gasteiger partial charge in [-0.15, -0.1) is 0 Å². The van der Waals surface area contributed by atoms with Crippen LogP contribution < -0.4 is 20.9 Å². The molecule has 0 N–H and O–H groups in total. The maximum atomic E-state index is 13.7. The normalized spacial score (nSPS) is 16.1. The van der Waals surface area contributed by atoms with Crippen LogP contribution in [0.25, 0.3) is 33.2 Å². The van der Waals surface area contributed by atoms with Crippen LogP contribution >= 0.6 is 23.2 Å². The average molecular weight is 874 g/mol. The first-order valence-corrected chi connectivity index (χ1v) is 22.1. The van der Waals surface area contributed by atoms with Gasteiger partial charge in [-0.25, -0.2) is 9.97 Å². The summed E-state index contributed by atoms with van der Waals surface area (Å²) in [5, 5.41) is 2.35. The van der Waals surface area contributed by atoms with Crippen LogP contribution in [-0.2, 0) is 9.59 Å². The lowest BCUT2D eigenvalue weighted by Gasteiger charge is -2.36. The van der Waals surface area contributed by atoms with Gasteiger partial charge in [-0.05, 0) is 104 Å². The minimum Gasteiger partial charge on any atom is -0.312 e. The van der Waals surface area contributed by atoms with Crippen LogP contribution in [0.15, 0.2) is 94.5 Å². The Bertz CT molecular complexity index is 2860. The summed E-state index contributed by atoms with van der Waals surface area (Å²) in [5.41, 5.74) is 7.30. The molecule has 12 heteroatoms. The lowest BCUT2D eigenvalue weighted by Crippen LogP contribution is -2.36. The van der Waals surface area contributed by atoms with Crippen LogP contribution in [0.3, 0.4) is 0 Å². The number of hydrogen-bond donors (Lipinski definition) is 0. The molecule has 0 aliphatic carbocycles. The number of hydrogen-bond acceptors (Lipinski definition) is 6. The molecule has 0 saturated carbocycles. The number of anilines is 2. The number of rotatable bonds is 6. The predicted molar refractivity (Wildman–Crippen MR) is 253 cm³/mol. The largest absolute Gasteiger partial charge is 0.312 e. The molecular formula is C50H54Cl2N6O4. The first-order valence-electron chi connectivity index (χ1n) is 21.3. The third kappa shape index (κ3) is 8.11. The number of benzene rings is 4. The summed E-state index contributed by atoms with van der Waals surface area (Å²) < 4.78 is 3.35. The molecule has 10 nitrogen and oxygen atoms in total. The Morgan fingerprint density at radius 1 is 0.613 bits per heavy atom. The Labute approximate surface area is 372 Å². The Balaban J connectivity index is 0.000000186. The van der Waals surface area contributed by atoms with Gasteiger partial charge in [-0.2, -0.15) is 0 Å². The molecule has 0 radical (unpaired) electrons. The highest BCUT2D eigenvalue weighted by atomic mass is 35.5. The highest BCUT2D eigenvalue weighted by Gasteiger charge is 2.34. The summed E-state index contributed by atoms with van der Waals surface area (Å²) in [7, 11) is 0. The molecule has 322 valence electrons. The van der Waals surface area contributed by atoms with Crippen molar-refractivity contribution in [2.45, 2.75) is 98.8 Å².